The smallest absolute Gasteiger partial charge is 0.279 e. The molecule has 98 valence electrons. The highest BCUT2D eigenvalue weighted by Gasteiger charge is 2.27. The number of nitrogens with one attached hydrogen (secondary N) is 1. The second-order valence-electron chi connectivity index (χ2n) is 4.59. The largest absolute Gasteiger partial charge is 0.329 e. The highest BCUT2D eigenvalue weighted by atomic mass is 32.2. The Bertz CT molecular complexity index is 282. The van der Waals surface area contributed by atoms with Crippen LogP contribution in [0.4, 0.5) is 0 Å². The second-order valence-corrected chi connectivity index (χ2v) is 6.26. The topological polar surface area (TPSA) is 75.4 Å². The molecule has 0 saturated heterocycles. The Kier molecular flexibility index (Phi) is 6.47. The highest BCUT2D eigenvalue weighted by Crippen LogP contribution is 2.07. The molecule has 0 atom stereocenters. The van der Waals surface area contributed by atoms with Crippen LogP contribution in [0.15, 0.2) is 0 Å². The van der Waals surface area contributed by atoms with E-state index >= 15 is 0 Å². The fraction of sp³-hybridized carbons (Fsp3) is 1.00. The number of hydrogen-bond acceptors (Lipinski definition) is 3. The maximum absolute atomic E-state index is 12.0. The molecule has 16 heavy (non-hydrogen) atoms. The summed E-state index contributed by atoms with van der Waals surface area (Å²) >= 11 is 0. The number of rotatable bonds is 8. The maximum atomic E-state index is 12.0. The van der Waals surface area contributed by atoms with Crippen LogP contribution >= 0.6 is 0 Å². The third kappa shape index (κ3) is 5.25. The van der Waals surface area contributed by atoms with E-state index in [0.29, 0.717) is 13.1 Å². The summed E-state index contributed by atoms with van der Waals surface area (Å²) in [7, 11) is -3.41. The lowest BCUT2D eigenvalue weighted by Crippen LogP contribution is -2.54. The number of nitrogens with two attached hydrogens (primary N) is 1. The zero-order chi connectivity index (χ0) is 12.8. The summed E-state index contributed by atoms with van der Waals surface area (Å²) in [6, 6.07) is 0. The molecule has 0 spiro atoms. The molecule has 0 aliphatic rings. The lowest BCUT2D eigenvalue weighted by molar-refractivity contribution is 0.377. The van der Waals surface area contributed by atoms with E-state index < -0.39 is 15.7 Å². The molecule has 6 heteroatoms. The Balaban J connectivity index is 4.72. The summed E-state index contributed by atoms with van der Waals surface area (Å²) < 4.78 is 28.2. The predicted molar refractivity (Wildman–Crippen MR) is 67.3 cm³/mol. The Morgan fingerprint density at radius 3 is 1.94 bits per heavy atom. The van der Waals surface area contributed by atoms with Crippen LogP contribution in [-0.4, -0.2) is 37.9 Å². The minimum absolute atomic E-state index is 0.276. The molecule has 0 fully saturated rings. The third-order valence-electron chi connectivity index (χ3n) is 2.20. The first kappa shape index (κ1) is 15.8. The first-order valence-electron chi connectivity index (χ1n) is 5.78. The lowest BCUT2D eigenvalue weighted by atomic mass is 10.1. The van der Waals surface area contributed by atoms with Crippen LogP contribution in [0, 0.1) is 0 Å². The van der Waals surface area contributed by atoms with Gasteiger partial charge in [-0.15, -0.1) is 0 Å². The van der Waals surface area contributed by atoms with E-state index in [9.17, 15) is 8.42 Å². The van der Waals surface area contributed by atoms with Crippen molar-refractivity contribution in [2.24, 2.45) is 5.73 Å². The van der Waals surface area contributed by atoms with Crippen molar-refractivity contribution in [3.8, 4) is 0 Å². The van der Waals surface area contributed by atoms with Crippen LogP contribution in [0.5, 0.6) is 0 Å². The molecule has 0 heterocycles. The number of hydrogen-bond donors (Lipinski definition) is 2. The SMILES string of the molecule is CCCN(CCC)S(=O)(=O)NC(C)(C)CN. The van der Waals surface area contributed by atoms with E-state index in [0.717, 1.165) is 12.8 Å². The fourth-order valence-corrected chi connectivity index (χ4v) is 3.06. The van der Waals surface area contributed by atoms with Crippen LogP contribution in [0.2, 0.25) is 0 Å². The van der Waals surface area contributed by atoms with E-state index in [1.807, 2.05) is 13.8 Å². The molecule has 3 N–H and O–H groups in total. The standard InChI is InChI=1S/C10H25N3O2S/c1-5-7-13(8-6-2)16(14,15)12-10(3,4)9-11/h12H,5-9,11H2,1-4H3. The molecule has 5 nitrogen and oxygen atoms in total. The zero-order valence-corrected chi connectivity index (χ0v) is 11.6. The quantitative estimate of drug-likeness (QED) is 0.666. The zero-order valence-electron chi connectivity index (χ0n) is 10.8. The molecule has 0 amide bonds. The minimum Gasteiger partial charge on any atom is -0.329 e. The van der Waals surface area contributed by atoms with Crippen LogP contribution in [0.1, 0.15) is 40.5 Å². The Morgan fingerprint density at radius 2 is 1.62 bits per heavy atom. The summed E-state index contributed by atoms with van der Waals surface area (Å²) in [5, 5.41) is 0. The average molecular weight is 251 g/mol. The molecule has 0 aromatic rings. The summed E-state index contributed by atoms with van der Waals surface area (Å²) in [6.07, 6.45) is 1.62. The molecule has 0 aromatic heterocycles. The summed E-state index contributed by atoms with van der Waals surface area (Å²) in [5.41, 5.74) is 4.92. The Hall–Kier alpha value is -0.170. The lowest BCUT2D eigenvalue weighted by Gasteiger charge is -2.29. The van der Waals surface area contributed by atoms with Crippen molar-refractivity contribution in [3.05, 3.63) is 0 Å². The van der Waals surface area contributed by atoms with E-state index in [4.69, 9.17) is 5.73 Å². The van der Waals surface area contributed by atoms with Crippen molar-refractivity contribution in [1.29, 1.82) is 0 Å². The Labute approximate surface area is 99.6 Å². The molecule has 0 aromatic carbocycles. The molecule has 0 unspecified atom stereocenters. The second kappa shape index (κ2) is 6.54. The minimum atomic E-state index is -3.41. The van der Waals surface area contributed by atoms with Crippen LogP contribution < -0.4 is 10.5 Å². The van der Waals surface area contributed by atoms with Gasteiger partial charge in [-0.05, 0) is 26.7 Å². The van der Waals surface area contributed by atoms with E-state index in [1.54, 1.807) is 13.8 Å². The van der Waals surface area contributed by atoms with E-state index in [-0.39, 0.29) is 6.54 Å². The van der Waals surface area contributed by atoms with Gasteiger partial charge < -0.3 is 5.73 Å². The van der Waals surface area contributed by atoms with Crippen molar-refractivity contribution in [1.82, 2.24) is 9.03 Å². The molecular formula is C10H25N3O2S. The van der Waals surface area contributed by atoms with Crippen molar-refractivity contribution >= 4 is 10.2 Å². The first-order chi connectivity index (χ1) is 7.29. The molecule has 0 bridgehead atoms. The number of nitrogens with zero attached hydrogens (tertiary/aromatic N) is 1. The van der Waals surface area contributed by atoms with Gasteiger partial charge in [-0.2, -0.15) is 17.4 Å². The van der Waals surface area contributed by atoms with Gasteiger partial charge in [-0.1, -0.05) is 13.8 Å². The normalized spacial score (nSPS) is 13.4. The van der Waals surface area contributed by atoms with Crippen molar-refractivity contribution in [2.75, 3.05) is 19.6 Å². The first-order valence-corrected chi connectivity index (χ1v) is 7.22. The maximum Gasteiger partial charge on any atom is 0.279 e. The molecule has 0 aliphatic carbocycles. The van der Waals surface area contributed by atoms with Crippen molar-refractivity contribution in [3.63, 3.8) is 0 Å². The van der Waals surface area contributed by atoms with Gasteiger partial charge in [0.25, 0.3) is 10.2 Å². The third-order valence-corrected chi connectivity index (χ3v) is 4.06. The average Bonchev–Trinajstić information content (AvgIpc) is 2.16. The van der Waals surface area contributed by atoms with Gasteiger partial charge in [0, 0.05) is 25.2 Å². The van der Waals surface area contributed by atoms with Crippen LogP contribution in [0.3, 0.4) is 0 Å². The monoisotopic (exact) mass is 251 g/mol. The van der Waals surface area contributed by atoms with Crippen molar-refractivity contribution in [2.45, 2.75) is 46.1 Å². The summed E-state index contributed by atoms with van der Waals surface area (Å²) in [5.74, 6) is 0. The van der Waals surface area contributed by atoms with Crippen LogP contribution in [0.25, 0.3) is 0 Å². The predicted octanol–water partition coefficient (Wildman–Crippen LogP) is 0.680. The molecule has 0 aliphatic heterocycles. The van der Waals surface area contributed by atoms with Gasteiger partial charge in [-0.25, -0.2) is 0 Å². The molecule has 0 saturated carbocycles. The van der Waals surface area contributed by atoms with E-state index in [2.05, 4.69) is 4.72 Å². The van der Waals surface area contributed by atoms with Gasteiger partial charge in [0.15, 0.2) is 0 Å². The molecular weight excluding hydrogens is 226 g/mol. The van der Waals surface area contributed by atoms with E-state index in [1.165, 1.54) is 4.31 Å². The van der Waals surface area contributed by atoms with Gasteiger partial charge in [0.05, 0.1) is 0 Å². The van der Waals surface area contributed by atoms with Gasteiger partial charge in [-0.3, -0.25) is 0 Å². The Morgan fingerprint density at radius 1 is 1.19 bits per heavy atom. The summed E-state index contributed by atoms with van der Waals surface area (Å²) in [4.78, 5) is 0. The highest BCUT2D eigenvalue weighted by molar-refractivity contribution is 7.87. The fourth-order valence-electron chi connectivity index (χ4n) is 1.31. The molecule has 0 radical (unpaired) electrons. The van der Waals surface area contributed by atoms with Gasteiger partial charge in [0.2, 0.25) is 0 Å². The summed E-state index contributed by atoms with van der Waals surface area (Å²) in [6.45, 7) is 8.85. The van der Waals surface area contributed by atoms with Crippen LogP contribution in [-0.2, 0) is 10.2 Å². The van der Waals surface area contributed by atoms with Gasteiger partial charge in [0.1, 0.15) is 0 Å². The molecule has 0 rings (SSSR count). The van der Waals surface area contributed by atoms with Gasteiger partial charge >= 0.3 is 0 Å². The van der Waals surface area contributed by atoms with Crippen molar-refractivity contribution < 1.29 is 8.42 Å².